The highest BCUT2D eigenvalue weighted by Crippen LogP contribution is 2.19. The van der Waals surface area contributed by atoms with Crippen LogP contribution < -0.4 is 0 Å². The predicted molar refractivity (Wildman–Crippen MR) is 61.5 cm³/mol. The zero-order chi connectivity index (χ0) is 13.2. The van der Waals surface area contributed by atoms with Crippen LogP contribution in [0.2, 0.25) is 0 Å². The van der Waals surface area contributed by atoms with Crippen LogP contribution in [0.4, 0.5) is 8.78 Å². The Morgan fingerprint density at radius 1 is 1.35 bits per heavy atom. The minimum absolute atomic E-state index is 0.111. The summed E-state index contributed by atoms with van der Waals surface area (Å²) >= 11 is 5.56. The summed E-state index contributed by atoms with van der Waals surface area (Å²) in [6.07, 6.45) is 0. The number of hydrogen-bond acceptors (Lipinski definition) is 2. The molecule has 0 N–H and O–H groups in total. The zero-order valence-corrected chi connectivity index (χ0v) is 10.9. The third-order valence-electron chi connectivity index (χ3n) is 2.41. The largest absolute Gasteiger partial charge is 0.243 e. The molecule has 1 aromatic rings. The highest BCUT2D eigenvalue weighted by Gasteiger charge is 2.25. The van der Waals surface area contributed by atoms with Gasteiger partial charge in [0.25, 0.3) is 0 Å². The van der Waals surface area contributed by atoms with Crippen molar-refractivity contribution in [3.63, 3.8) is 0 Å². The lowest BCUT2D eigenvalue weighted by atomic mass is 10.3. The van der Waals surface area contributed by atoms with Gasteiger partial charge in [0, 0.05) is 19.0 Å². The highest BCUT2D eigenvalue weighted by molar-refractivity contribution is 7.89. The molecule has 0 amide bonds. The molecule has 96 valence electrons. The lowest BCUT2D eigenvalue weighted by molar-refractivity contribution is 0.412. The summed E-state index contributed by atoms with van der Waals surface area (Å²) < 4.78 is 50.6. The number of benzene rings is 1. The average molecular weight is 284 g/mol. The molecular formula is C10H12ClF2NO2S. The molecule has 0 radical (unpaired) electrons. The molecule has 1 unspecified atom stereocenters. The first-order valence-corrected chi connectivity index (χ1v) is 6.77. The summed E-state index contributed by atoms with van der Waals surface area (Å²) in [6, 6.07) is 2.02. The van der Waals surface area contributed by atoms with Crippen molar-refractivity contribution < 1.29 is 17.2 Å². The summed E-state index contributed by atoms with van der Waals surface area (Å²) in [6.45, 7) is 1.62. The molecule has 17 heavy (non-hydrogen) atoms. The van der Waals surface area contributed by atoms with Crippen LogP contribution in [0, 0.1) is 11.6 Å². The van der Waals surface area contributed by atoms with Crippen molar-refractivity contribution in [3.05, 3.63) is 29.8 Å². The summed E-state index contributed by atoms with van der Waals surface area (Å²) in [5, 5.41) is 0. The van der Waals surface area contributed by atoms with Gasteiger partial charge in [-0.15, -0.1) is 11.6 Å². The second kappa shape index (κ2) is 5.29. The second-order valence-corrected chi connectivity index (χ2v) is 5.91. The fraction of sp³-hybridized carbons (Fsp3) is 0.400. The van der Waals surface area contributed by atoms with Crippen LogP contribution in [0.15, 0.2) is 23.1 Å². The van der Waals surface area contributed by atoms with Crippen LogP contribution >= 0.6 is 11.6 Å². The Bertz CT molecular complexity index is 507. The van der Waals surface area contributed by atoms with Gasteiger partial charge in [0.1, 0.15) is 0 Å². The molecule has 3 nitrogen and oxygen atoms in total. The van der Waals surface area contributed by atoms with Gasteiger partial charge in [0.15, 0.2) is 11.6 Å². The van der Waals surface area contributed by atoms with Crippen molar-refractivity contribution in [1.82, 2.24) is 4.31 Å². The van der Waals surface area contributed by atoms with E-state index in [-0.39, 0.29) is 10.8 Å². The average Bonchev–Trinajstić information content (AvgIpc) is 2.30. The predicted octanol–water partition coefficient (Wildman–Crippen LogP) is 2.21. The van der Waals surface area contributed by atoms with Crippen molar-refractivity contribution in [3.8, 4) is 0 Å². The fourth-order valence-corrected chi connectivity index (χ4v) is 2.80. The van der Waals surface area contributed by atoms with Gasteiger partial charge >= 0.3 is 0 Å². The van der Waals surface area contributed by atoms with E-state index in [0.717, 1.165) is 16.4 Å². The van der Waals surface area contributed by atoms with Gasteiger partial charge in [-0.1, -0.05) is 0 Å². The summed E-state index contributed by atoms with van der Waals surface area (Å²) in [5.41, 5.74) is 0. The molecule has 1 aromatic carbocycles. The van der Waals surface area contributed by atoms with E-state index in [0.29, 0.717) is 6.07 Å². The van der Waals surface area contributed by atoms with Crippen molar-refractivity contribution in [2.75, 3.05) is 12.9 Å². The van der Waals surface area contributed by atoms with Crippen LogP contribution in [-0.4, -0.2) is 31.7 Å². The van der Waals surface area contributed by atoms with Crippen LogP contribution in [0.25, 0.3) is 0 Å². The Labute approximate surface area is 104 Å². The molecule has 0 aliphatic rings. The summed E-state index contributed by atoms with van der Waals surface area (Å²) in [7, 11) is -2.51. The van der Waals surface area contributed by atoms with Gasteiger partial charge in [-0.25, -0.2) is 17.2 Å². The van der Waals surface area contributed by atoms with E-state index in [4.69, 9.17) is 11.6 Å². The van der Waals surface area contributed by atoms with E-state index in [1.54, 1.807) is 6.92 Å². The Morgan fingerprint density at radius 2 is 1.94 bits per heavy atom. The highest BCUT2D eigenvalue weighted by atomic mass is 35.5. The normalized spacial score (nSPS) is 14.0. The van der Waals surface area contributed by atoms with Crippen LogP contribution in [-0.2, 0) is 10.0 Å². The Kier molecular flexibility index (Phi) is 4.46. The molecule has 0 saturated heterocycles. The maximum atomic E-state index is 13.0. The molecule has 0 aliphatic heterocycles. The van der Waals surface area contributed by atoms with Crippen LogP contribution in [0.3, 0.4) is 0 Å². The fourth-order valence-electron chi connectivity index (χ4n) is 1.14. The minimum Gasteiger partial charge on any atom is -0.207 e. The second-order valence-electron chi connectivity index (χ2n) is 3.60. The van der Waals surface area contributed by atoms with Gasteiger partial charge < -0.3 is 0 Å². The maximum absolute atomic E-state index is 13.0. The number of alkyl halides is 1. The van der Waals surface area contributed by atoms with E-state index < -0.39 is 27.7 Å². The Balaban J connectivity index is 3.17. The molecule has 7 heteroatoms. The van der Waals surface area contributed by atoms with Crippen LogP contribution in [0.1, 0.15) is 6.92 Å². The molecule has 0 fully saturated rings. The number of halogens is 3. The Morgan fingerprint density at radius 3 is 2.41 bits per heavy atom. The maximum Gasteiger partial charge on any atom is 0.243 e. The van der Waals surface area contributed by atoms with E-state index in [9.17, 15) is 17.2 Å². The van der Waals surface area contributed by atoms with E-state index >= 15 is 0 Å². The van der Waals surface area contributed by atoms with Gasteiger partial charge in [-0.2, -0.15) is 4.31 Å². The zero-order valence-electron chi connectivity index (χ0n) is 9.32. The first kappa shape index (κ1) is 14.3. The van der Waals surface area contributed by atoms with Gasteiger partial charge in [-0.3, -0.25) is 0 Å². The molecule has 1 atom stereocenters. The smallest absolute Gasteiger partial charge is 0.207 e. The van der Waals surface area contributed by atoms with Crippen molar-refractivity contribution in [2.45, 2.75) is 17.9 Å². The number of hydrogen-bond donors (Lipinski definition) is 0. The van der Waals surface area contributed by atoms with Crippen molar-refractivity contribution in [2.24, 2.45) is 0 Å². The van der Waals surface area contributed by atoms with Gasteiger partial charge in [-0.05, 0) is 25.1 Å². The molecule has 0 heterocycles. The SMILES string of the molecule is CC(CCl)N(C)S(=O)(=O)c1ccc(F)c(F)c1. The van der Waals surface area contributed by atoms with Gasteiger partial charge in [0.2, 0.25) is 10.0 Å². The van der Waals surface area contributed by atoms with E-state index in [2.05, 4.69) is 0 Å². The van der Waals surface area contributed by atoms with Crippen LogP contribution in [0.5, 0.6) is 0 Å². The standard InChI is InChI=1S/C10H12ClF2NO2S/c1-7(6-11)14(2)17(15,16)8-3-4-9(12)10(13)5-8/h3-5,7H,6H2,1-2H3. The first-order valence-electron chi connectivity index (χ1n) is 4.79. The topological polar surface area (TPSA) is 37.4 Å². The molecular weight excluding hydrogens is 272 g/mol. The van der Waals surface area contributed by atoms with Crippen molar-refractivity contribution >= 4 is 21.6 Å². The summed E-state index contributed by atoms with van der Waals surface area (Å²) in [4.78, 5) is -0.295. The lowest BCUT2D eigenvalue weighted by Crippen LogP contribution is -2.36. The number of nitrogens with zero attached hydrogens (tertiary/aromatic N) is 1. The van der Waals surface area contributed by atoms with E-state index in [1.807, 2.05) is 0 Å². The molecule has 1 rings (SSSR count). The molecule has 0 aromatic heterocycles. The monoisotopic (exact) mass is 283 g/mol. The first-order chi connectivity index (χ1) is 7.80. The molecule has 0 bridgehead atoms. The van der Waals surface area contributed by atoms with Crippen molar-refractivity contribution in [1.29, 1.82) is 0 Å². The molecule has 0 spiro atoms. The number of sulfonamides is 1. The lowest BCUT2D eigenvalue weighted by Gasteiger charge is -2.22. The molecule has 0 aliphatic carbocycles. The molecule has 0 saturated carbocycles. The third-order valence-corrected chi connectivity index (χ3v) is 4.83. The third kappa shape index (κ3) is 2.94. The number of rotatable bonds is 4. The Hall–Kier alpha value is -0.720. The van der Waals surface area contributed by atoms with Gasteiger partial charge in [0.05, 0.1) is 4.90 Å². The summed E-state index contributed by atoms with van der Waals surface area (Å²) in [5.74, 6) is -2.17. The quantitative estimate of drug-likeness (QED) is 0.795. The minimum atomic E-state index is -3.85. The van der Waals surface area contributed by atoms with E-state index in [1.165, 1.54) is 7.05 Å².